The Morgan fingerprint density at radius 2 is 2.54 bits per heavy atom. The van der Waals surface area contributed by atoms with Crippen molar-refractivity contribution in [1.82, 2.24) is 5.32 Å². The molecule has 2 heterocycles. The van der Waals surface area contributed by atoms with Gasteiger partial charge in [0.2, 0.25) is 0 Å². The van der Waals surface area contributed by atoms with Gasteiger partial charge in [-0.15, -0.1) is 11.3 Å². The van der Waals surface area contributed by atoms with E-state index >= 15 is 0 Å². The topological polar surface area (TPSA) is 29.1 Å². The molecule has 5 heteroatoms. The quantitative estimate of drug-likeness (QED) is 0.804. The summed E-state index contributed by atoms with van der Waals surface area (Å²) in [5.74, 6) is 1.49. The Morgan fingerprint density at radius 3 is 3.15 bits per heavy atom. The summed E-state index contributed by atoms with van der Waals surface area (Å²) in [6.45, 7) is 0.838. The van der Waals surface area contributed by atoms with Crippen molar-refractivity contribution in [1.29, 1.82) is 0 Å². The van der Waals surface area contributed by atoms with Gasteiger partial charge in [-0.2, -0.15) is 0 Å². The summed E-state index contributed by atoms with van der Waals surface area (Å²) in [6.07, 6.45) is 0. The summed E-state index contributed by atoms with van der Waals surface area (Å²) in [6, 6.07) is 2.19. The molecule has 2 rings (SSSR count). The fourth-order valence-electron chi connectivity index (χ4n) is 1.40. The normalized spacial score (nSPS) is 29.0. The molecule has 1 N–H and O–H groups in total. The molecule has 13 heavy (non-hydrogen) atoms. The van der Waals surface area contributed by atoms with Crippen LogP contribution < -0.4 is 5.32 Å². The third-order valence-electron chi connectivity index (χ3n) is 2.06. The van der Waals surface area contributed by atoms with Gasteiger partial charge in [-0.25, -0.2) is 0 Å². The number of halogens is 1. The van der Waals surface area contributed by atoms with Crippen molar-refractivity contribution < 1.29 is 4.21 Å². The van der Waals surface area contributed by atoms with E-state index in [2.05, 4.69) is 5.32 Å². The second-order valence-electron chi connectivity index (χ2n) is 3.00. The van der Waals surface area contributed by atoms with Crippen LogP contribution in [0.5, 0.6) is 0 Å². The van der Waals surface area contributed by atoms with E-state index in [-0.39, 0.29) is 6.04 Å². The fraction of sp³-hybridized carbons (Fsp3) is 0.500. The van der Waals surface area contributed by atoms with Crippen molar-refractivity contribution in [3.8, 4) is 0 Å². The van der Waals surface area contributed by atoms with Crippen LogP contribution in [0.3, 0.4) is 0 Å². The average molecular weight is 236 g/mol. The summed E-state index contributed by atoms with van der Waals surface area (Å²) in [7, 11) is -0.662. The molecule has 0 spiro atoms. The summed E-state index contributed by atoms with van der Waals surface area (Å²) in [5.41, 5.74) is 1.17. The van der Waals surface area contributed by atoms with Crippen LogP contribution in [-0.2, 0) is 10.8 Å². The lowest BCUT2D eigenvalue weighted by molar-refractivity contribution is 0.573. The van der Waals surface area contributed by atoms with Gasteiger partial charge in [0.05, 0.1) is 4.34 Å². The number of hydrogen-bond acceptors (Lipinski definition) is 3. The maximum absolute atomic E-state index is 11.3. The molecule has 1 aromatic heterocycles. The second-order valence-corrected chi connectivity index (χ2v) is 6.17. The van der Waals surface area contributed by atoms with Crippen LogP contribution in [0, 0.1) is 0 Å². The SMILES string of the molecule is O=S1CCNC(c2csc(Cl)c2)C1. The zero-order valence-electron chi connectivity index (χ0n) is 6.96. The summed E-state index contributed by atoms with van der Waals surface area (Å²) in [4.78, 5) is 0. The molecule has 0 saturated carbocycles. The molecular weight excluding hydrogens is 226 g/mol. The van der Waals surface area contributed by atoms with Gasteiger partial charge in [0.25, 0.3) is 0 Å². The van der Waals surface area contributed by atoms with Crippen LogP contribution in [0.25, 0.3) is 0 Å². The predicted octanol–water partition coefficient (Wildman–Crippen LogP) is 1.79. The second kappa shape index (κ2) is 4.09. The highest BCUT2D eigenvalue weighted by Crippen LogP contribution is 2.26. The van der Waals surface area contributed by atoms with Crippen LogP contribution in [0.15, 0.2) is 11.4 Å². The van der Waals surface area contributed by atoms with Crippen molar-refractivity contribution in [2.45, 2.75) is 6.04 Å². The molecule has 2 atom stereocenters. The van der Waals surface area contributed by atoms with Crippen LogP contribution >= 0.6 is 22.9 Å². The Bertz CT molecular complexity index is 326. The molecule has 0 bridgehead atoms. The van der Waals surface area contributed by atoms with Crippen molar-refractivity contribution in [3.63, 3.8) is 0 Å². The summed E-state index contributed by atoms with van der Waals surface area (Å²) < 4.78 is 12.1. The maximum atomic E-state index is 11.3. The van der Waals surface area contributed by atoms with Gasteiger partial charge in [0.15, 0.2) is 0 Å². The molecule has 1 fully saturated rings. The van der Waals surface area contributed by atoms with Gasteiger partial charge >= 0.3 is 0 Å². The number of nitrogens with one attached hydrogen (secondary N) is 1. The van der Waals surface area contributed by atoms with E-state index in [1.54, 1.807) is 0 Å². The van der Waals surface area contributed by atoms with Gasteiger partial charge in [-0.3, -0.25) is 4.21 Å². The van der Waals surface area contributed by atoms with Crippen molar-refractivity contribution in [3.05, 3.63) is 21.3 Å². The maximum Gasteiger partial charge on any atom is 0.0931 e. The molecule has 2 unspecified atom stereocenters. The fourth-order valence-corrected chi connectivity index (χ4v) is 3.53. The first-order chi connectivity index (χ1) is 6.25. The third kappa shape index (κ3) is 2.31. The highest BCUT2D eigenvalue weighted by Gasteiger charge is 2.19. The molecule has 0 amide bonds. The smallest absolute Gasteiger partial charge is 0.0931 e. The first-order valence-electron chi connectivity index (χ1n) is 4.08. The molecule has 1 aliphatic rings. The molecule has 1 aliphatic heterocycles. The highest BCUT2D eigenvalue weighted by atomic mass is 35.5. The van der Waals surface area contributed by atoms with E-state index in [0.717, 1.165) is 16.6 Å². The molecule has 1 aromatic rings. The zero-order valence-corrected chi connectivity index (χ0v) is 9.35. The summed E-state index contributed by atoms with van der Waals surface area (Å²) in [5, 5.41) is 5.36. The van der Waals surface area contributed by atoms with Gasteiger partial charge < -0.3 is 5.32 Å². The highest BCUT2D eigenvalue weighted by molar-refractivity contribution is 7.85. The molecular formula is C8H10ClNOS2. The molecule has 1 saturated heterocycles. The van der Waals surface area contributed by atoms with Gasteiger partial charge in [0, 0.05) is 34.9 Å². The minimum atomic E-state index is -0.662. The zero-order chi connectivity index (χ0) is 9.26. The Kier molecular flexibility index (Phi) is 3.03. The van der Waals surface area contributed by atoms with E-state index in [1.165, 1.54) is 16.9 Å². The first-order valence-corrected chi connectivity index (χ1v) is 6.82. The Morgan fingerprint density at radius 1 is 1.69 bits per heavy atom. The summed E-state index contributed by atoms with van der Waals surface area (Å²) >= 11 is 7.36. The monoisotopic (exact) mass is 235 g/mol. The minimum absolute atomic E-state index is 0.235. The van der Waals surface area contributed by atoms with Gasteiger partial charge in [0.1, 0.15) is 0 Å². The number of hydrogen-bond donors (Lipinski definition) is 1. The van der Waals surface area contributed by atoms with E-state index < -0.39 is 10.8 Å². The number of thiophene rings is 1. The molecule has 0 aromatic carbocycles. The standard InChI is InChI=1S/C8H10ClNOS2/c9-8-3-6(4-12-8)7-5-13(11)2-1-10-7/h3-4,7,10H,1-2,5H2. The molecule has 0 radical (unpaired) electrons. The lowest BCUT2D eigenvalue weighted by Crippen LogP contribution is -2.35. The Balaban J connectivity index is 2.12. The number of rotatable bonds is 1. The van der Waals surface area contributed by atoms with Crippen LogP contribution in [0.4, 0.5) is 0 Å². The average Bonchev–Trinajstić information content (AvgIpc) is 2.52. The molecule has 0 aliphatic carbocycles. The van der Waals surface area contributed by atoms with E-state index in [9.17, 15) is 4.21 Å². The van der Waals surface area contributed by atoms with Crippen LogP contribution in [0.2, 0.25) is 4.34 Å². The molecule has 2 nitrogen and oxygen atoms in total. The lowest BCUT2D eigenvalue weighted by atomic mass is 10.2. The van der Waals surface area contributed by atoms with E-state index in [0.29, 0.717) is 5.75 Å². The van der Waals surface area contributed by atoms with Gasteiger partial charge in [-0.1, -0.05) is 11.6 Å². The largest absolute Gasteiger partial charge is 0.308 e. The predicted molar refractivity (Wildman–Crippen MR) is 57.9 cm³/mol. The van der Waals surface area contributed by atoms with Crippen molar-refractivity contribution >= 4 is 33.7 Å². The van der Waals surface area contributed by atoms with Crippen LogP contribution in [-0.4, -0.2) is 22.3 Å². The van der Waals surface area contributed by atoms with Crippen molar-refractivity contribution in [2.24, 2.45) is 0 Å². The van der Waals surface area contributed by atoms with Gasteiger partial charge in [-0.05, 0) is 17.0 Å². The van der Waals surface area contributed by atoms with E-state index in [1.807, 2.05) is 11.4 Å². The van der Waals surface area contributed by atoms with Crippen molar-refractivity contribution in [2.75, 3.05) is 18.1 Å². The van der Waals surface area contributed by atoms with Crippen LogP contribution in [0.1, 0.15) is 11.6 Å². The third-order valence-corrected chi connectivity index (χ3v) is 4.54. The first kappa shape index (κ1) is 9.65. The Hall–Kier alpha value is 0.1000. The lowest BCUT2D eigenvalue weighted by Gasteiger charge is -2.22. The minimum Gasteiger partial charge on any atom is -0.308 e. The molecule has 72 valence electrons. The van der Waals surface area contributed by atoms with E-state index in [4.69, 9.17) is 11.6 Å². The Labute approximate surface area is 88.8 Å².